The number of allylic oxidation sites excluding steroid dienone is 2. The molecule has 0 aromatic heterocycles. The van der Waals surface area contributed by atoms with Gasteiger partial charge in [-0.1, -0.05) is 31.6 Å². The molecule has 1 rings (SSSR count). The van der Waals surface area contributed by atoms with Crippen molar-refractivity contribution in [2.75, 3.05) is 13.7 Å². The van der Waals surface area contributed by atoms with Gasteiger partial charge >= 0.3 is 0 Å². The van der Waals surface area contributed by atoms with Gasteiger partial charge in [-0.2, -0.15) is 0 Å². The lowest BCUT2D eigenvalue weighted by atomic mass is 10.1. The number of benzene rings is 1. The summed E-state index contributed by atoms with van der Waals surface area (Å²) in [5.41, 5.74) is 1.13. The van der Waals surface area contributed by atoms with E-state index in [0.717, 1.165) is 25.1 Å². The van der Waals surface area contributed by atoms with Crippen LogP contribution in [0.2, 0.25) is 0 Å². The van der Waals surface area contributed by atoms with Gasteiger partial charge in [0, 0.05) is 6.54 Å². The Kier molecular flexibility index (Phi) is 8.56. The number of phenols is 1. The summed E-state index contributed by atoms with van der Waals surface area (Å²) in [6, 6.07) is 5.47. The van der Waals surface area contributed by atoms with E-state index in [4.69, 9.17) is 4.74 Å². The number of methoxy groups -OCH3 is 1. The molecule has 0 amide bonds. The number of ether oxygens (including phenoxy) is 1. The number of hydrogen-bond acceptors (Lipinski definition) is 3. The molecule has 0 spiro atoms. The zero-order chi connectivity index (χ0) is 14.6. The summed E-state index contributed by atoms with van der Waals surface area (Å²) in [6.07, 6.45) is 10.6. The van der Waals surface area contributed by atoms with Gasteiger partial charge in [0.05, 0.1) is 7.11 Å². The Bertz CT molecular complexity index is 402. The minimum absolute atomic E-state index is 0.191. The van der Waals surface area contributed by atoms with E-state index < -0.39 is 0 Å². The van der Waals surface area contributed by atoms with Crippen LogP contribution < -0.4 is 10.1 Å². The lowest BCUT2D eigenvalue weighted by molar-refractivity contribution is 0.372. The van der Waals surface area contributed by atoms with E-state index in [2.05, 4.69) is 24.4 Å². The Labute approximate surface area is 122 Å². The zero-order valence-electron chi connectivity index (χ0n) is 12.7. The summed E-state index contributed by atoms with van der Waals surface area (Å²) < 4.78 is 5.09. The molecule has 1 aromatic carbocycles. The number of rotatable bonds is 10. The van der Waals surface area contributed by atoms with E-state index in [0.29, 0.717) is 5.75 Å². The molecule has 0 aliphatic carbocycles. The molecule has 0 saturated carbocycles. The minimum Gasteiger partial charge on any atom is -0.504 e. The molecule has 0 fully saturated rings. The molecule has 2 N–H and O–H groups in total. The SMILES string of the molecule is CCC=CCCCCCNCc1ccc(O)c(OC)c1. The summed E-state index contributed by atoms with van der Waals surface area (Å²) in [5, 5.41) is 12.9. The highest BCUT2D eigenvalue weighted by atomic mass is 16.5. The molecule has 0 aliphatic rings. The molecule has 0 unspecified atom stereocenters. The van der Waals surface area contributed by atoms with E-state index in [1.165, 1.54) is 25.7 Å². The van der Waals surface area contributed by atoms with Crippen LogP contribution in [0.5, 0.6) is 11.5 Å². The van der Waals surface area contributed by atoms with Gasteiger partial charge in [-0.25, -0.2) is 0 Å². The molecule has 0 radical (unpaired) electrons. The summed E-state index contributed by atoms with van der Waals surface area (Å²) in [6.45, 7) is 4.01. The Morgan fingerprint density at radius 1 is 1.20 bits per heavy atom. The number of unbranched alkanes of at least 4 members (excludes halogenated alkanes) is 3. The highest BCUT2D eigenvalue weighted by molar-refractivity contribution is 5.41. The number of phenolic OH excluding ortho intramolecular Hbond substituents is 1. The predicted molar refractivity (Wildman–Crippen MR) is 84.3 cm³/mol. The fourth-order valence-corrected chi connectivity index (χ4v) is 2.04. The molecular weight excluding hydrogens is 250 g/mol. The summed E-state index contributed by atoms with van der Waals surface area (Å²) in [5.74, 6) is 0.725. The third-order valence-corrected chi connectivity index (χ3v) is 3.20. The topological polar surface area (TPSA) is 41.5 Å². The Hall–Kier alpha value is -1.48. The molecule has 0 saturated heterocycles. The first-order valence-electron chi connectivity index (χ1n) is 7.49. The fraction of sp³-hybridized carbons (Fsp3) is 0.529. The van der Waals surface area contributed by atoms with Crippen LogP contribution in [0.15, 0.2) is 30.4 Å². The van der Waals surface area contributed by atoms with Crippen LogP contribution in [0, 0.1) is 0 Å². The van der Waals surface area contributed by atoms with Gasteiger partial charge in [-0.05, 0) is 49.9 Å². The summed E-state index contributed by atoms with van der Waals surface area (Å²) >= 11 is 0. The fourth-order valence-electron chi connectivity index (χ4n) is 2.04. The van der Waals surface area contributed by atoms with Crippen LogP contribution in [0.4, 0.5) is 0 Å². The van der Waals surface area contributed by atoms with Gasteiger partial charge in [0.25, 0.3) is 0 Å². The van der Waals surface area contributed by atoms with Crippen molar-refractivity contribution in [1.29, 1.82) is 0 Å². The second kappa shape index (κ2) is 10.3. The van der Waals surface area contributed by atoms with E-state index in [9.17, 15) is 5.11 Å². The lowest BCUT2D eigenvalue weighted by Crippen LogP contribution is -2.14. The van der Waals surface area contributed by atoms with Gasteiger partial charge in [0.15, 0.2) is 11.5 Å². The van der Waals surface area contributed by atoms with E-state index >= 15 is 0 Å². The van der Waals surface area contributed by atoms with Crippen molar-refractivity contribution in [2.24, 2.45) is 0 Å². The highest BCUT2D eigenvalue weighted by Crippen LogP contribution is 2.26. The number of hydrogen-bond donors (Lipinski definition) is 2. The minimum atomic E-state index is 0.191. The first-order valence-corrected chi connectivity index (χ1v) is 7.49. The molecule has 0 atom stereocenters. The molecule has 0 bridgehead atoms. The molecule has 3 heteroatoms. The Balaban J connectivity index is 2.11. The molecule has 3 nitrogen and oxygen atoms in total. The third kappa shape index (κ3) is 6.62. The summed E-state index contributed by atoms with van der Waals surface area (Å²) in [4.78, 5) is 0. The smallest absolute Gasteiger partial charge is 0.160 e. The normalized spacial score (nSPS) is 11.1. The van der Waals surface area contributed by atoms with Crippen LogP contribution in [-0.4, -0.2) is 18.8 Å². The first-order chi connectivity index (χ1) is 9.77. The van der Waals surface area contributed by atoms with E-state index in [1.807, 2.05) is 12.1 Å². The average Bonchev–Trinajstić information content (AvgIpc) is 2.47. The van der Waals surface area contributed by atoms with Gasteiger partial charge in [-0.15, -0.1) is 0 Å². The average molecular weight is 277 g/mol. The van der Waals surface area contributed by atoms with Crippen LogP contribution in [0.3, 0.4) is 0 Å². The second-order valence-corrected chi connectivity index (χ2v) is 4.91. The first kappa shape index (κ1) is 16.6. The van der Waals surface area contributed by atoms with Crippen molar-refractivity contribution in [1.82, 2.24) is 5.32 Å². The predicted octanol–water partition coefficient (Wildman–Crippen LogP) is 4.02. The van der Waals surface area contributed by atoms with Crippen molar-refractivity contribution in [3.05, 3.63) is 35.9 Å². The van der Waals surface area contributed by atoms with Gasteiger partial charge in [0.1, 0.15) is 0 Å². The van der Waals surface area contributed by atoms with Crippen molar-refractivity contribution in [2.45, 2.75) is 45.6 Å². The molecule has 0 aliphatic heterocycles. The van der Waals surface area contributed by atoms with Gasteiger partial charge in [0.2, 0.25) is 0 Å². The zero-order valence-corrected chi connectivity index (χ0v) is 12.7. The third-order valence-electron chi connectivity index (χ3n) is 3.20. The summed E-state index contributed by atoms with van der Waals surface area (Å²) in [7, 11) is 1.57. The largest absolute Gasteiger partial charge is 0.504 e. The monoisotopic (exact) mass is 277 g/mol. The van der Waals surface area contributed by atoms with Crippen LogP contribution >= 0.6 is 0 Å². The Morgan fingerprint density at radius 3 is 2.80 bits per heavy atom. The lowest BCUT2D eigenvalue weighted by Gasteiger charge is -2.08. The van der Waals surface area contributed by atoms with Crippen LogP contribution in [0.1, 0.15) is 44.6 Å². The Morgan fingerprint density at radius 2 is 2.05 bits per heavy atom. The van der Waals surface area contributed by atoms with Crippen LogP contribution in [0.25, 0.3) is 0 Å². The maximum Gasteiger partial charge on any atom is 0.160 e. The van der Waals surface area contributed by atoms with E-state index in [1.54, 1.807) is 13.2 Å². The van der Waals surface area contributed by atoms with E-state index in [-0.39, 0.29) is 5.75 Å². The molecule has 112 valence electrons. The van der Waals surface area contributed by atoms with Gasteiger partial charge < -0.3 is 15.2 Å². The maximum atomic E-state index is 9.51. The van der Waals surface area contributed by atoms with Crippen LogP contribution in [-0.2, 0) is 6.54 Å². The highest BCUT2D eigenvalue weighted by Gasteiger charge is 2.01. The molecular formula is C17H27NO2. The van der Waals surface area contributed by atoms with Crippen molar-refractivity contribution in [3.8, 4) is 11.5 Å². The maximum absolute atomic E-state index is 9.51. The number of nitrogens with one attached hydrogen (secondary N) is 1. The van der Waals surface area contributed by atoms with Crippen molar-refractivity contribution < 1.29 is 9.84 Å². The quantitative estimate of drug-likeness (QED) is 0.501. The van der Waals surface area contributed by atoms with Crippen molar-refractivity contribution in [3.63, 3.8) is 0 Å². The second-order valence-electron chi connectivity index (χ2n) is 4.91. The molecule has 1 aromatic rings. The number of aromatic hydroxyl groups is 1. The molecule has 0 heterocycles. The molecule has 20 heavy (non-hydrogen) atoms. The van der Waals surface area contributed by atoms with Crippen molar-refractivity contribution >= 4 is 0 Å². The standard InChI is InChI=1S/C17H27NO2/c1-3-4-5-6-7-8-9-12-18-14-15-10-11-16(19)17(13-15)20-2/h4-5,10-11,13,18-19H,3,6-9,12,14H2,1-2H3. The van der Waals surface area contributed by atoms with Gasteiger partial charge in [-0.3, -0.25) is 0 Å².